The molecule has 140 valence electrons. The van der Waals surface area contributed by atoms with Crippen molar-refractivity contribution in [2.45, 2.75) is 38.0 Å². The fourth-order valence-electron chi connectivity index (χ4n) is 4.74. The number of carbonyl (C=O) groups is 1. The Hall–Kier alpha value is -3.39. The van der Waals surface area contributed by atoms with Crippen LogP contribution in [0, 0.1) is 39.7 Å². The van der Waals surface area contributed by atoms with Crippen LogP contribution in [0.4, 0.5) is 14.5 Å². The quantitative estimate of drug-likeness (QED) is 0.862. The summed E-state index contributed by atoms with van der Waals surface area (Å²) in [5, 5.41) is 21.1. The van der Waals surface area contributed by atoms with Crippen molar-refractivity contribution in [2.24, 2.45) is 5.41 Å². The Morgan fingerprint density at radius 2 is 1.89 bits per heavy atom. The highest BCUT2D eigenvalue weighted by Gasteiger charge is 2.68. The average Bonchev–Trinajstić information content (AvgIpc) is 3.05. The molecule has 1 fully saturated rings. The minimum atomic E-state index is -1.15. The number of rotatable bonds is 2. The highest BCUT2D eigenvalue weighted by molar-refractivity contribution is 6.01. The van der Waals surface area contributed by atoms with E-state index in [1.54, 1.807) is 0 Å². The first-order chi connectivity index (χ1) is 13.3. The number of benzene rings is 1. The molecule has 0 radical (unpaired) electrons. The van der Waals surface area contributed by atoms with Crippen molar-refractivity contribution in [1.82, 2.24) is 9.97 Å². The summed E-state index contributed by atoms with van der Waals surface area (Å²) in [6.45, 7) is 3.79. The molecule has 1 saturated carbocycles. The lowest BCUT2D eigenvalue weighted by atomic mass is 9.67. The van der Waals surface area contributed by atoms with Gasteiger partial charge in [0.2, 0.25) is 5.91 Å². The zero-order valence-electron chi connectivity index (χ0n) is 15.2. The van der Waals surface area contributed by atoms with Crippen molar-refractivity contribution in [3.63, 3.8) is 0 Å². The lowest BCUT2D eigenvalue weighted by Gasteiger charge is -2.36. The standard InChI is InChI=1S/C20H15F2N5O/c1-19(2)11-5-6-20(19,17-16(11)25-14(8-23)15(9-24)26-17)18(28)27-13-7-10(21)3-4-12(13)22/h3-4,7,11H,5-6H2,1-2H3,(H,27,28). The summed E-state index contributed by atoms with van der Waals surface area (Å²) in [6.07, 6.45) is 1.08. The van der Waals surface area contributed by atoms with E-state index >= 15 is 0 Å². The van der Waals surface area contributed by atoms with E-state index in [0.29, 0.717) is 24.2 Å². The second-order valence-corrected chi connectivity index (χ2v) is 7.67. The topological polar surface area (TPSA) is 102 Å². The number of carbonyl (C=O) groups excluding carboxylic acids is 1. The molecule has 0 aliphatic heterocycles. The summed E-state index contributed by atoms with van der Waals surface area (Å²) in [5.41, 5.74) is -1.37. The largest absolute Gasteiger partial charge is 0.323 e. The molecule has 28 heavy (non-hydrogen) atoms. The van der Waals surface area contributed by atoms with E-state index in [0.717, 1.165) is 18.2 Å². The van der Waals surface area contributed by atoms with Crippen molar-refractivity contribution >= 4 is 11.6 Å². The van der Waals surface area contributed by atoms with Gasteiger partial charge in [-0.2, -0.15) is 10.5 Å². The van der Waals surface area contributed by atoms with Gasteiger partial charge in [0.25, 0.3) is 0 Å². The first-order valence-corrected chi connectivity index (χ1v) is 8.75. The summed E-state index contributed by atoms with van der Waals surface area (Å²) in [7, 11) is 0. The molecular formula is C20H15F2N5O. The van der Waals surface area contributed by atoms with Gasteiger partial charge in [-0.15, -0.1) is 0 Å². The summed E-state index contributed by atoms with van der Waals surface area (Å²) in [4.78, 5) is 22.0. The van der Waals surface area contributed by atoms with Crippen LogP contribution in [0.2, 0.25) is 0 Å². The van der Waals surface area contributed by atoms with E-state index in [-0.39, 0.29) is 23.0 Å². The Balaban J connectivity index is 1.87. The minimum Gasteiger partial charge on any atom is -0.323 e. The van der Waals surface area contributed by atoms with Crippen LogP contribution in [0.15, 0.2) is 18.2 Å². The van der Waals surface area contributed by atoms with E-state index < -0.39 is 28.4 Å². The second-order valence-electron chi connectivity index (χ2n) is 7.67. The predicted octanol–water partition coefficient (Wildman–Crippen LogP) is 3.29. The summed E-state index contributed by atoms with van der Waals surface area (Å²) < 4.78 is 27.6. The van der Waals surface area contributed by atoms with Gasteiger partial charge >= 0.3 is 0 Å². The molecule has 6 nitrogen and oxygen atoms in total. The fourth-order valence-corrected chi connectivity index (χ4v) is 4.74. The monoisotopic (exact) mass is 379 g/mol. The van der Waals surface area contributed by atoms with Crippen LogP contribution in [-0.2, 0) is 10.2 Å². The molecule has 2 aromatic rings. The normalized spacial score (nSPS) is 23.6. The van der Waals surface area contributed by atoms with Crippen molar-refractivity contribution in [3.8, 4) is 12.1 Å². The molecular weight excluding hydrogens is 364 g/mol. The summed E-state index contributed by atoms with van der Waals surface area (Å²) in [6, 6.07) is 6.55. The van der Waals surface area contributed by atoms with Crippen LogP contribution >= 0.6 is 0 Å². The lowest BCUT2D eigenvalue weighted by molar-refractivity contribution is -0.124. The Morgan fingerprint density at radius 3 is 2.57 bits per heavy atom. The Kier molecular flexibility index (Phi) is 3.73. The van der Waals surface area contributed by atoms with Gasteiger partial charge in [0, 0.05) is 12.0 Å². The van der Waals surface area contributed by atoms with Crippen LogP contribution in [0.25, 0.3) is 0 Å². The van der Waals surface area contributed by atoms with Crippen molar-refractivity contribution in [2.75, 3.05) is 5.32 Å². The number of amides is 1. The SMILES string of the molecule is CC1(C)C2CCC1(C(=O)Nc1cc(F)ccc1F)c1nc(C#N)c(C#N)nc12. The molecule has 0 saturated heterocycles. The fraction of sp³-hybridized carbons (Fsp3) is 0.350. The summed E-state index contributed by atoms with van der Waals surface area (Å²) in [5.74, 6) is -2.07. The first kappa shape index (κ1) is 18.0. The number of halogens is 2. The second kappa shape index (κ2) is 5.80. The number of aromatic nitrogens is 2. The molecule has 2 unspecified atom stereocenters. The van der Waals surface area contributed by atoms with Gasteiger partial charge in [0.15, 0.2) is 11.4 Å². The van der Waals surface area contributed by atoms with Crippen LogP contribution in [0.3, 0.4) is 0 Å². The number of nitrogens with one attached hydrogen (secondary N) is 1. The van der Waals surface area contributed by atoms with E-state index in [4.69, 9.17) is 0 Å². The van der Waals surface area contributed by atoms with Gasteiger partial charge < -0.3 is 5.32 Å². The van der Waals surface area contributed by atoms with E-state index in [1.165, 1.54) is 0 Å². The number of nitriles is 2. The van der Waals surface area contributed by atoms with E-state index in [1.807, 2.05) is 26.0 Å². The van der Waals surface area contributed by atoms with Gasteiger partial charge in [-0.3, -0.25) is 4.79 Å². The molecule has 1 aromatic heterocycles. The maximum atomic E-state index is 14.1. The van der Waals surface area contributed by atoms with Gasteiger partial charge in [0.1, 0.15) is 23.8 Å². The molecule has 1 amide bonds. The van der Waals surface area contributed by atoms with Crippen molar-refractivity contribution in [3.05, 3.63) is 52.6 Å². The molecule has 1 N–H and O–H groups in total. The van der Waals surface area contributed by atoms with Gasteiger partial charge in [-0.1, -0.05) is 13.8 Å². The van der Waals surface area contributed by atoms with E-state index in [9.17, 15) is 24.1 Å². The third-order valence-corrected chi connectivity index (χ3v) is 6.21. The number of nitrogens with zero attached hydrogens (tertiary/aromatic N) is 4. The van der Waals surface area contributed by atoms with Crippen LogP contribution < -0.4 is 5.32 Å². The van der Waals surface area contributed by atoms with Crippen LogP contribution in [-0.4, -0.2) is 15.9 Å². The smallest absolute Gasteiger partial charge is 0.237 e. The zero-order valence-corrected chi connectivity index (χ0v) is 15.2. The van der Waals surface area contributed by atoms with Crippen molar-refractivity contribution in [1.29, 1.82) is 10.5 Å². The molecule has 2 atom stereocenters. The number of fused-ring (bicyclic) bond motifs is 5. The van der Waals surface area contributed by atoms with Crippen molar-refractivity contribution < 1.29 is 13.6 Å². The highest BCUT2D eigenvalue weighted by Crippen LogP contribution is 2.67. The Labute approximate surface area is 159 Å². The van der Waals surface area contributed by atoms with Crippen LogP contribution in [0.5, 0.6) is 0 Å². The molecule has 2 bridgehead atoms. The number of hydrogen-bond acceptors (Lipinski definition) is 5. The summed E-state index contributed by atoms with van der Waals surface area (Å²) >= 11 is 0. The predicted molar refractivity (Wildman–Crippen MR) is 93.9 cm³/mol. The molecule has 2 aliphatic carbocycles. The molecule has 2 aliphatic rings. The van der Waals surface area contributed by atoms with Gasteiger partial charge in [0.05, 0.1) is 22.5 Å². The number of hydrogen-bond donors (Lipinski definition) is 1. The van der Waals surface area contributed by atoms with Gasteiger partial charge in [-0.05, 0) is 30.4 Å². The maximum Gasteiger partial charge on any atom is 0.237 e. The average molecular weight is 379 g/mol. The molecule has 0 spiro atoms. The molecule has 1 aromatic carbocycles. The van der Waals surface area contributed by atoms with Crippen LogP contribution in [0.1, 0.15) is 55.4 Å². The zero-order chi connectivity index (χ0) is 20.3. The molecule has 4 rings (SSSR count). The maximum absolute atomic E-state index is 14.1. The van der Waals surface area contributed by atoms with Gasteiger partial charge in [-0.25, -0.2) is 18.7 Å². The lowest BCUT2D eigenvalue weighted by Crippen LogP contribution is -2.47. The number of anilines is 1. The molecule has 8 heteroatoms. The third kappa shape index (κ3) is 2.12. The third-order valence-electron chi connectivity index (χ3n) is 6.21. The Morgan fingerprint density at radius 1 is 1.21 bits per heavy atom. The first-order valence-electron chi connectivity index (χ1n) is 8.75. The highest BCUT2D eigenvalue weighted by atomic mass is 19.1. The van der Waals surface area contributed by atoms with E-state index in [2.05, 4.69) is 15.3 Å². The minimum absolute atomic E-state index is 0.0728. The molecule has 1 heterocycles. The Bertz CT molecular complexity index is 1110.